The minimum absolute atomic E-state index is 0. The maximum Gasteiger partial charge on any atom is 2.00 e. The van der Waals surface area contributed by atoms with Gasteiger partial charge in [0, 0.05) is 23.3 Å². The fourth-order valence-corrected chi connectivity index (χ4v) is 0.782. The number of hydrogen-bond acceptors (Lipinski definition) is 0. The molecule has 0 atom stereocenters. The molecule has 84 valence electrons. The molecule has 2 aromatic rings. The molecule has 0 saturated carbocycles. The van der Waals surface area contributed by atoms with Crippen LogP contribution in [-0.4, -0.2) is 0 Å². The summed E-state index contributed by atoms with van der Waals surface area (Å²) in [6.07, 6.45) is 0. The van der Waals surface area contributed by atoms with E-state index in [1.165, 1.54) is 12.1 Å². The Balaban J connectivity index is 0.000000284. The second-order valence-electron chi connectivity index (χ2n) is 2.68. The van der Waals surface area contributed by atoms with Gasteiger partial charge in [-0.15, -0.1) is 24.3 Å². The van der Waals surface area contributed by atoms with Crippen molar-refractivity contribution in [3.8, 4) is 0 Å². The van der Waals surface area contributed by atoms with Gasteiger partial charge in [-0.1, -0.05) is 0 Å². The molecule has 0 aliphatic rings. The van der Waals surface area contributed by atoms with E-state index in [1.54, 1.807) is 0 Å². The summed E-state index contributed by atoms with van der Waals surface area (Å²) in [5, 5.41) is 0. The van der Waals surface area contributed by atoms with Gasteiger partial charge < -0.3 is 0 Å². The molecule has 0 fully saturated rings. The Morgan fingerprint density at radius 1 is 0.647 bits per heavy atom. The van der Waals surface area contributed by atoms with Gasteiger partial charge in [0.15, 0.2) is 0 Å². The van der Waals surface area contributed by atoms with E-state index in [0.29, 0.717) is 0 Å². The zero-order chi connectivity index (χ0) is 12.0. The number of benzene rings is 2. The first kappa shape index (κ1) is 15.8. The topological polar surface area (TPSA) is 0 Å². The molecule has 0 aliphatic carbocycles. The van der Waals surface area contributed by atoms with Crippen LogP contribution in [0, 0.1) is 35.4 Å². The quantitative estimate of drug-likeness (QED) is 0.396. The SMILES string of the molecule is Fc1c[c-]ccc1F.Fc1c[c-]ccc1F.[Zn+2]. The van der Waals surface area contributed by atoms with E-state index in [4.69, 9.17) is 0 Å². The zero-order valence-corrected chi connectivity index (χ0v) is 11.7. The van der Waals surface area contributed by atoms with Crippen LogP contribution in [0.15, 0.2) is 36.4 Å². The molecule has 0 saturated heterocycles. The summed E-state index contributed by atoms with van der Waals surface area (Å²) in [6.45, 7) is 0. The summed E-state index contributed by atoms with van der Waals surface area (Å²) in [4.78, 5) is 0. The molecule has 0 spiro atoms. The molecule has 0 N–H and O–H groups in total. The van der Waals surface area contributed by atoms with Crippen molar-refractivity contribution in [2.45, 2.75) is 0 Å². The summed E-state index contributed by atoms with van der Waals surface area (Å²) in [5.41, 5.74) is 0. The first-order valence-electron chi connectivity index (χ1n) is 4.23. The van der Waals surface area contributed by atoms with Gasteiger partial charge in [0.2, 0.25) is 0 Å². The summed E-state index contributed by atoms with van der Waals surface area (Å²) in [6, 6.07) is 11.4. The molecular formula is C12H6F4Zn. The Morgan fingerprint density at radius 3 is 1.18 bits per heavy atom. The summed E-state index contributed by atoms with van der Waals surface area (Å²) < 4.78 is 47.7. The normalized spacial score (nSPS) is 8.71. The first-order valence-corrected chi connectivity index (χ1v) is 4.23. The van der Waals surface area contributed by atoms with Gasteiger partial charge in [-0.25, -0.2) is 8.78 Å². The van der Waals surface area contributed by atoms with Crippen LogP contribution in [0.2, 0.25) is 0 Å². The summed E-state index contributed by atoms with van der Waals surface area (Å²) in [5.74, 6) is -3.37. The van der Waals surface area contributed by atoms with Crippen molar-refractivity contribution >= 4 is 0 Å². The van der Waals surface area contributed by atoms with Crippen molar-refractivity contribution in [3.63, 3.8) is 0 Å². The second-order valence-corrected chi connectivity index (χ2v) is 2.68. The van der Waals surface area contributed by atoms with Crippen molar-refractivity contribution in [1.82, 2.24) is 0 Å². The Morgan fingerprint density at radius 2 is 1.00 bits per heavy atom. The molecule has 0 heterocycles. The summed E-state index contributed by atoms with van der Waals surface area (Å²) in [7, 11) is 0. The minimum atomic E-state index is -0.854. The molecular weight excluding hydrogens is 286 g/mol. The van der Waals surface area contributed by atoms with Crippen molar-refractivity contribution < 1.29 is 37.0 Å². The summed E-state index contributed by atoms with van der Waals surface area (Å²) >= 11 is 0. The Kier molecular flexibility index (Phi) is 7.39. The molecule has 17 heavy (non-hydrogen) atoms. The van der Waals surface area contributed by atoms with Crippen LogP contribution in [0.3, 0.4) is 0 Å². The smallest absolute Gasteiger partial charge is 0.281 e. The van der Waals surface area contributed by atoms with Gasteiger partial charge in [0.25, 0.3) is 0 Å². The van der Waals surface area contributed by atoms with Crippen molar-refractivity contribution in [2.24, 2.45) is 0 Å². The van der Waals surface area contributed by atoms with Crippen LogP contribution in [-0.2, 0) is 19.5 Å². The number of rotatable bonds is 0. The average Bonchev–Trinajstić information content (AvgIpc) is 2.28. The van der Waals surface area contributed by atoms with E-state index >= 15 is 0 Å². The Bertz CT molecular complexity index is 374. The Labute approximate surface area is 109 Å². The van der Waals surface area contributed by atoms with Crippen LogP contribution in [0.4, 0.5) is 17.6 Å². The van der Waals surface area contributed by atoms with E-state index < -0.39 is 23.3 Å². The molecule has 0 aliphatic heterocycles. The van der Waals surface area contributed by atoms with Gasteiger partial charge in [-0.3, -0.25) is 8.78 Å². The van der Waals surface area contributed by atoms with Crippen LogP contribution in [0.25, 0.3) is 0 Å². The van der Waals surface area contributed by atoms with Crippen molar-refractivity contribution in [3.05, 3.63) is 71.8 Å². The first-order chi connectivity index (χ1) is 7.61. The molecule has 0 aromatic heterocycles. The average molecular weight is 292 g/mol. The second kappa shape index (κ2) is 7.96. The third kappa shape index (κ3) is 5.59. The predicted molar refractivity (Wildman–Crippen MR) is 50.4 cm³/mol. The molecule has 0 bridgehead atoms. The number of halogens is 4. The molecule has 0 amide bonds. The third-order valence-corrected chi connectivity index (χ3v) is 1.53. The van der Waals surface area contributed by atoms with Gasteiger partial charge in [-0.2, -0.15) is 24.3 Å². The molecule has 0 unspecified atom stereocenters. The standard InChI is InChI=1S/2C6H3F2.Zn/c2*7-5-3-1-2-4-6(5)8;/h2*1,3-4H;/q2*-1;+2. The third-order valence-electron chi connectivity index (χ3n) is 1.53. The van der Waals surface area contributed by atoms with E-state index in [0.717, 1.165) is 24.3 Å². The predicted octanol–water partition coefficient (Wildman–Crippen LogP) is 3.53. The van der Waals surface area contributed by atoms with Crippen molar-refractivity contribution in [2.75, 3.05) is 0 Å². The fourth-order valence-electron chi connectivity index (χ4n) is 0.782. The monoisotopic (exact) mass is 290 g/mol. The zero-order valence-electron chi connectivity index (χ0n) is 8.68. The molecule has 0 nitrogen and oxygen atoms in total. The van der Waals surface area contributed by atoms with E-state index in [9.17, 15) is 17.6 Å². The molecule has 2 rings (SSSR count). The maximum atomic E-state index is 11.9. The fraction of sp³-hybridized carbons (Fsp3) is 0. The van der Waals surface area contributed by atoms with E-state index in [1.807, 2.05) is 0 Å². The minimum Gasteiger partial charge on any atom is -0.281 e. The molecule has 0 radical (unpaired) electrons. The van der Waals surface area contributed by atoms with Crippen LogP contribution < -0.4 is 0 Å². The van der Waals surface area contributed by atoms with Crippen LogP contribution >= 0.6 is 0 Å². The van der Waals surface area contributed by atoms with Gasteiger partial charge in [0.1, 0.15) is 0 Å². The Hall–Kier alpha value is -1.22. The molecule has 2 aromatic carbocycles. The maximum absolute atomic E-state index is 11.9. The van der Waals surface area contributed by atoms with E-state index in [2.05, 4.69) is 12.1 Å². The van der Waals surface area contributed by atoms with Crippen molar-refractivity contribution in [1.29, 1.82) is 0 Å². The van der Waals surface area contributed by atoms with Crippen LogP contribution in [0.1, 0.15) is 0 Å². The molecule has 5 heteroatoms. The largest absolute Gasteiger partial charge is 2.00 e. The number of hydrogen-bond donors (Lipinski definition) is 0. The van der Waals surface area contributed by atoms with Gasteiger partial charge >= 0.3 is 19.5 Å². The van der Waals surface area contributed by atoms with Gasteiger partial charge in [0.05, 0.1) is 0 Å². The van der Waals surface area contributed by atoms with Crippen LogP contribution in [0.5, 0.6) is 0 Å². The van der Waals surface area contributed by atoms with E-state index in [-0.39, 0.29) is 19.5 Å². The van der Waals surface area contributed by atoms with Gasteiger partial charge in [-0.05, 0) is 0 Å².